The molecule has 80 heavy (non-hydrogen) atoms. The first-order chi connectivity index (χ1) is 39.1. The number of allylic oxidation sites excluding steroid dienone is 15. The molecule has 2 saturated heterocycles. The number of hydrogen-bond donors (Lipinski definition) is 9. The van der Waals surface area contributed by atoms with Crippen LogP contribution < -0.4 is 5.32 Å². The van der Waals surface area contributed by atoms with Gasteiger partial charge in [-0.3, -0.25) is 4.79 Å². The first-order valence-electron chi connectivity index (χ1n) is 31.5. The van der Waals surface area contributed by atoms with Crippen molar-refractivity contribution in [1.29, 1.82) is 0 Å². The molecule has 12 atom stereocenters. The summed E-state index contributed by atoms with van der Waals surface area (Å²) < 4.78 is 22.8. The van der Waals surface area contributed by atoms with Crippen LogP contribution in [-0.2, 0) is 23.7 Å². The smallest absolute Gasteiger partial charge is 0.220 e. The summed E-state index contributed by atoms with van der Waals surface area (Å²) in [5, 5.41) is 87.2. The van der Waals surface area contributed by atoms with E-state index in [0.717, 1.165) is 103 Å². The van der Waals surface area contributed by atoms with E-state index < -0.39 is 86.8 Å². The van der Waals surface area contributed by atoms with Crippen molar-refractivity contribution >= 4 is 5.91 Å². The normalized spacial score (nSPS) is 24.9. The lowest BCUT2D eigenvalue weighted by atomic mass is 9.97. The average molecular weight is 1130 g/mol. The number of nitrogens with one attached hydrogen (secondary N) is 1. The molecule has 2 rings (SSSR count). The van der Waals surface area contributed by atoms with E-state index in [1.807, 2.05) is 6.08 Å². The molecular formula is C66H113NO13. The lowest BCUT2D eigenvalue weighted by Gasteiger charge is -2.46. The highest BCUT2D eigenvalue weighted by Crippen LogP contribution is 2.30. The largest absolute Gasteiger partial charge is 0.394 e. The Morgan fingerprint density at radius 3 is 1.38 bits per heavy atom. The van der Waals surface area contributed by atoms with E-state index in [2.05, 4.69) is 104 Å². The van der Waals surface area contributed by atoms with Crippen molar-refractivity contribution in [3.05, 3.63) is 97.2 Å². The van der Waals surface area contributed by atoms with Gasteiger partial charge in [-0.15, -0.1) is 0 Å². The van der Waals surface area contributed by atoms with Gasteiger partial charge in [0.25, 0.3) is 0 Å². The number of aliphatic hydroxyl groups is 8. The Labute approximate surface area is 483 Å². The fraction of sp³-hybridized carbons (Fsp3) is 0.742. The first-order valence-corrected chi connectivity index (χ1v) is 31.5. The monoisotopic (exact) mass is 1130 g/mol. The number of carbonyl (C=O) groups excluding carboxylic acids is 1. The maximum absolute atomic E-state index is 13.3. The molecule has 2 aliphatic heterocycles. The van der Waals surface area contributed by atoms with Gasteiger partial charge in [-0.05, 0) is 89.9 Å². The molecule has 1 amide bonds. The third kappa shape index (κ3) is 35.1. The van der Waals surface area contributed by atoms with E-state index in [1.54, 1.807) is 6.08 Å². The summed E-state index contributed by atoms with van der Waals surface area (Å²) in [4.78, 5) is 13.3. The molecule has 2 fully saturated rings. The van der Waals surface area contributed by atoms with Gasteiger partial charge in [0.2, 0.25) is 5.91 Å². The molecular weight excluding hydrogens is 1010 g/mol. The molecule has 14 nitrogen and oxygen atoms in total. The first kappa shape index (κ1) is 73.0. The van der Waals surface area contributed by atoms with Crippen LogP contribution in [0.2, 0.25) is 0 Å². The van der Waals surface area contributed by atoms with Crippen LogP contribution in [-0.4, -0.2) is 140 Å². The van der Waals surface area contributed by atoms with Crippen molar-refractivity contribution in [2.45, 2.75) is 293 Å². The molecule has 460 valence electrons. The van der Waals surface area contributed by atoms with Gasteiger partial charge in [-0.1, -0.05) is 220 Å². The van der Waals surface area contributed by atoms with Crippen molar-refractivity contribution in [2.75, 3.05) is 19.8 Å². The Balaban J connectivity index is 1.78. The van der Waals surface area contributed by atoms with Gasteiger partial charge >= 0.3 is 0 Å². The quantitative estimate of drug-likeness (QED) is 0.0204. The molecule has 12 unspecified atom stereocenters. The Kier molecular flexibility index (Phi) is 46.0. The standard InChI is InChI=1S/C66H113NO13/c1-3-5-7-9-11-13-15-17-19-21-23-25-27-29-31-33-35-37-39-41-43-45-47-49-55(70)54(53-77-65-63(76)61(74)64(57(52-69)79-65)80-66-62(75)60(73)59(72)56(51-68)78-66)67-58(71)50-48-46-44-42-40-38-36-34-32-30-28-26-24-22-20-18-16-14-12-10-8-6-4-2/h6,8,12,14,18,20,24,26,30-33,39,41,47,49,54-57,59-66,68-70,72-76H,3-5,7,9-11,13,15-17,19,21-23,25,27-29,34-38,40,42-46,48,50-53H2,1-2H3,(H,67,71)/b8-6-,14-12-,20-18-,26-24-,32-30-,33-31+,41-39+,49-47+. The number of aliphatic hydroxyl groups excluding tert-OH is 8. The van der Waals surface area contributed by atoms with Gasteiger partial charge < -0.3 is 65.1 Å². The maximum Gasteiger partial charge on any atom is 0.220 e. The van der Waals surface area contributed by atoms with Crippen molar-refractivity contribution in [1.82, 2.24) is 5.32 Å². The Hall–Kier alpha value is -3.09. The van der Waals surface area contributed by atoms with Crippen LogP contribution in [0.3, 0.4) is 0 Å². The van der Waals surface area contributed by atoms with Crippen LogP contribution >= 0.6 is 0 Å². The molecule has 0 spiro atoms. The summed E-state index contributed by atoms with van der Waals surface area (Å²) in [7, 11) is 0. The number of carbonyl (C=O) groups is 1. The molecule has 2 aliphatic rings. The van der Waals surface area contributed by atoms with E-state index in [0.29, 0.717) is 12.8 Å². The van der Waals surface area contributed by atoms with Crippen molar-refractivity contribution in [3.8, 4) is 0 Å². The van der Waals surface area contributed by atoms with Crippen LogP contribution in [0.15, 0.2) is 97.2 Å². The second-order valence-electron chi connectivity index (χ2n) is 21.8. The number of hydrogen-bond acceptors (Lipinski definition) is 13. The zero-order valence-corrected chi connectivity index (χ0v) is 49.5. The molecule has 0 saturated carbocycles. The molecule has 0 aromatic heterocycles. The van der Waals surface area contributed by atoms with Crippen LogP contribution in [0, 0.1) is 0 Å². The van der Waals surface area contributed by atoms with Gasteiger partial charge in [0.15, 0.2) is 12.6 Å². The predicted octanol–water partition coefficient (Wildman–Crippen LogP) is 11.4. The Morgan fingerprint density at radius 1 is 0.463 bits per heavy atom. The molecule has 0 bridgehead atoms. The third-order valence-corrected chi connectivity index (χ3v) is 14.7. The highest BCUT2D eigenvalue weighted by atomic mass is 16.7. The second kappa shape index (κ2) is 50.4. The summed E-state index contributed by atoms with van der Waals surface area (Å²) in [6.45, 7) is 2.65. The molecule has 0 radical (unpaired) electrons. The predicted molar refractivity (Wildman–Crippen MR) is 323 cm³/mol. The summed E-state index contributed by atoms with van der Waals surface area (Å²) >= 11 is 0. The van der Waals surface area contributed by atoms with Gasteiger partial charge in [-0.2, -0.15) is 0 Å². The number of amides is 1. The lowest BCUT2D eigenvalue weighted by Crippen LogP contribution is -2.65. The van der Waals surface area contributed by atoms with Gasteiger partial charge in [0.05, 0.1) is 32.0 Å². The zero-order chi connectivity index (χ0) is 58.1. The van der Waals surface area contributed by atoms with Gasteiger partial charge in [0, 0.05) is 6.42 Å². The molecule has 9 N–H and O–H groups in total. The number of unbranched alkanes of at least 4 members (excludes halogenated alkanes) is 22. The van der Waals surface area contributed by atoms with Crippen LogP contribution in [0.4, 0.5) is 0 Å². The minimum Gasteiger partial charge on any atom is -0.394 e. The lowest BCUT2D eigenvalue weighted by molar-refractivity contribution is -0.359. The molecule has 0 aromatic rings. The summed E-state index contributed by atoms with van der Waals surface area (Å²) in [6.07, 6.45) is 53.0. The number of ether oxygens (including phenoxy) is 4. The van der Waals surface area contributed by atoms with Crippen molar-refractivity contribution in [2.24, 2.45) is 0 Å². The van der Waals surface area contributed by atoms with E-state index in [4.69, 9.17) is 18.9 Å². The van der Waals surface area contributed by atoms with Crippen molar-refractivity contribution in [3.63, 3.8) is 0 Å². The third-order valence-electron chi connectivity index (χ3n) is 14.7. The maximum atomic E-state index is 13.3. The highest BCUT2D eigenvalue weighted by Gasteiger charge is 2.51. The topological polar surface area (TPSA) is 228 Å². The fourth-order valence-electron chi connectivity index (χ4n) is 9.70. The summed E-state index contributed by atoms with van der Waals surface area (Å²) in [5.41, 5.74) is 0. The van der Waals surface area contributed by atoms with Gasteiger partial charge in [-0.25, -0.2) is 0 Å². The molecule has 0 aliphatic carbocycles. The highest BCUT2D eigenvalue weighted by molar-refractivity contribution is 5.76. The number of rotatable bonds is 49. The van der Waals surface area contributed by atoms with E-state index in [-0.39, 0.29) is 18.9 Å². The van der Waals surface area contributed by atoms with Crippen LogP contribution in [0.5, 0.6) is 0 Å². The summed E-state index contributed by atoms with van der Waals surface area (Å²) in [6, 6.07) is -0.952. The van der Waals surface area contributed by atoms with E-state index in [9.17, 15) is 45.6 Å². The molecule has 0 aromatic carbocycles. The molecule has 14 heteroatoms. The fourth-order valence-corrected chi connectivity index (χ4v) is 9.70. The second-order valence-corrected chi connectivity index (χ2v) is 21.8. The van der Waals surface area contributed by atoms with Crippen LogP contribution in [0.25, 0.3) is 0 Å². The van der Waals surface area contributed by atoms with Crippen molar-refractivity contribution < 1.29 is 64.6 Å². The Morgan fingerprint density at radius 2 is 0.875 bits per heavy atom. The zero-order valence-electron chi connectivity index (χ0n) is 49.5. The van der Waals surface area contributed by atoms with Crippen LogP contribution in [0.1, 0.15) is 219 Å². The minimum atomic E-state index is -1.80. The summed E-state index contributed by atoms with van der Waals surface area (Å²) in [5.74, 6) is -0.268. The minimum absolute atomic E-state index is 0.251. The van der Waals surface area contributed by atoms with E-state index in [1.165, 1.54) is 83.5 Å². The van der Waals surface area contributed by atoms with Gasteiger partial charge in [0.1, 0.15) is 48.8 Å². The molecule has 2 heterocycles. The average Bonchev–Trinajstić information content (AvgIpc) is 3.46. The Bertz CT molecular complexity index is 1710. The SMILES string of the molecule is CC/C=C\C/C=C\C/C=C\C/C=C\C/C=C\CCCCCCCCCC(=O)NC(COC1OC(CO)C(OC2OC(CO)C(O)C(O)C2O)C(O)C1O)C(O)/C=C/CC/C=C/CC/C=C/CCCCCCCCCCCCCCC. The van der Waals surface area contributed by atoms with E-state index >= 15 is 0 Å².